The van der Waals surface area contributed by atoms with E-state index < -0.39 is 16.0 Å². The molecular weight excluding hydrogens is 391 g/mol. The van der Waals surface area contributed by atoms with Gasteiger partial charge in [-0.2, -0.15) is 0 Å². The molecule has 1 aromatic carbocycles. The van der Waals surface area contributed by atoms with Crippen LogP contribution in [0.25, 0.3) is 0 Å². The van der Waals surface area contributed by atoms with E-state index in [0.29, 0.717) is 17.4 Å². The van der Waals surface area contributed by atoms with Crippen LogP contribution in [0.1, 0.15) is 50.6 Å². The molecule has 0 bridgehead atoms. The fraction of sp³-hybridized carbons (Fsp3) is 0.714. The van der Waals surface area contributed by atoms with Gasteiger partial charge in [0.05, 0.1) is 11.1 Å². The molecule has 2 saturated heterocycles. The van der Waals surface area contributed by atoms with Crippen molar-refractivity contribution in [3.63, 3.8) is 0 Å². The van der Waals surface area contributed by atoms with E-state index in [9.17, 15) is 12.8 Å². The lowest BCUT2D eigenvalue weighted by molar-refractivity contribution is 0.155. The summed E-state index contributed by atoms with van der Waals surface area (Å²) < 4.78 is 37.4. The molecular formula is C21H35FN4O2S. The second-order valence-corrected chi connectivity index (χ2v) is 10.4. The van der Waals surface area contributed by atoms with Crippen LogP contribution < -0.4 is 21.3 Å². The molecule has 0 aromatic heterocycles. The third-order valence-corrected chi connectivity index (χ3v) is 7.09. The Kier molecular flexibility index (Phi) is 8.04. The molecule has 0 amide bonds. The predicted octanol–water partition coefficient (Wildman–Crippen LogP) is 1.89. The molecule has 8 heteroatoms. The van der Waals surface area contributed by atoms with Crippen molar-refractivity contribution in [2.24, 2.45) is 0 Å². The first-order chi connectivity index (χ1) is 13.9. The zero-order chi connectivity index (χ0) is 20.9. The number of hydrogen-bond donors (Lipinski definition) is 4. The smallest absolute Gasteiger partial charge is 0.175 e. The van der Waals surface area contributed by atoms with Gasteiger partial charge in [-0.25, -0.2) is 12.8 Å². The first kappa shape index (κ1) is 22.6. The van der Waals surface area contributed by atoms with Crippen LogP contribution in [0.3, 0.4) is 0 Å². The fourth-order valence-corrected chi connectivity index (χ4v) is 4.84. The van der Waals surface area contributed by atoms with E-state index in [2.05, 4.69) is 28.2 Å². The van der Waals surface area contributed by atoms with Crippen molar-refractivity contribution in [2.75, 3.05) is 25.9 Å². The van der Waals surface area contributed by atoms with Gasteiger partial charge in [-0.05, 0) is 37.0 Å². The third-order valence-electron chi connectivity index (χ3n) is 5.97. The van der Waals surface area contributed by atoms with Crippen molar-refractivity contribution in [3.05, 3.63) is 29.8 Å². The largest absolute Gasteiger partial charge is 0.312 e. The summed E-state index contributed by atoms with van der Waals surface area (Å²) in [7, 11) is -3.18. The first-order valence-corrected chi connectivity index (χ1v) is 12.7. The molecule has 0 spiro atoms. The van der Waals surface area contributed by atoms with Gasteiger partial charge in [-0.1, -0.05) is 31.9 Å². The summed E-state index contributed by atoms with van der Waals surface area (Å²) in [6, 6.07) is 7.47. The van der Waals surface area contributed by atoms with Crippen molar-refractivity contribution in [2.45, 2.75) is 74.4 Å². The lowest BCUT2D eigenvalue weighted by Gasteiger charge is -2.37. The average molecular weight is 427 g/mol. The van der Waals surface area contributed by atoms with Crippen LogP contribution in [-0.4, -0.2) is 58.7 Å². The lowest BCUT2D eigenvalue weighted by atomic mass is 9.93. The van der Waals surface area contributed by atoms with Crippen molar-refractivity contribution in [1.29, 1.82) is 0 Å². The van der Waals surface area contributed by atoms with Crippen LogP contribution in [0.2, 0.25) is 0 Å². The SMILES string of the molecule is CCCCC1NC(CNC2CNCC(c3ccc(S(C)(=O)=O)cc3)N2)CCC1F. The van der Waals surface area contributed by atoms with Crippen molar-refractivity contribution >= 4 is 9.84 Å². The topological polar surface area (TPSA) is 82.3 Å². The Labute approximate surface area is 174 Å². The second-order valence-electron chi connectivity index (χ2n) is 8.39. The third kappa shape index (κ3) is 6.46. The summed E-state index contributed by atoms with van der Waals surface area (Å²) >= 11 is 0. The normalized spacial score (nSPS) is 30.9. The van der Waals surface area contributed by atoms with E-state index in [4.69, 9.17) is 0 Å². The number of unbranched alkanes of at least 4 members (excludes halogenated alkanes) is 1. The lowest BCUT2D eigenvalue weighted by Crippen LogP contribution is -2.60. The predicted molar refractivity (Wildman–Crippen MR) is 114 cm³/mol. The van der Waals surface area contributed by atoms with Crippen LogP contribution in [0, 0.1) is 0 Å². The number of alkyl halides is 1. The highest BCUT2D eigenvalue weighted by Crippen LogP contribution is 2.21. The molecule has 1 aromatic rings. The van der Waals surface area contributed by atoms with Gasteiger partial charge < -0.3 is 10.6 Å². The summed E-state index contributed by atoms with van der Waals surface area (Å²) in [5.41, 5.74) is 1.06. The minimum Gasteiger partial charge on any atom is -0.312 e. The Morgan fingerprint density at radius 1 is 1.14 bits per heavy atom. The molecule has 5 atom stereocenters. The van der Waals surface area contributed by atoms with Crippen LogP contribution in [0.4, 0.5) is 4.39 Å². The zero-order valence-corrected chi connectivity index (χ0v) is 18.3. The van der Waals surface area contributed by atoms with Gasteiger partial charge in [0.2, 0.25) is 0 Å². The molecule has 0 radical (unpaired) electrons. The van der Waals surface area contributed by atoms with Gasteiger partial charge in [-0.15, -0.1) is 0 Å². The maximum absolute atomic E-state index is 14.1. The Balaban J connectivity index is 1.50. The highest BCUT2D eigenvalue weighted by Gasteiger charge is 2.30. The molecule has 0 saturated carbocycles. The molecule has 29 heavy (non-hydrogen) atoms. The minimum atomic E-state index is -3.18. The molecule has 3 rings (SSSR count). The zero-order valence-electron chi connectivity index (χ0n) is 17.5. The molecule has 164 valence electrons. The van der Waals surface area contributed by atoms with Gasteiger partial charge >= 0.3 is 0 Å². The summed E-state index contributed by atoms with van der Waals surface area (Å²) in [6.45, 7) is 4.55. The Bertz CT molecular complexity index is 744. The molecule has 5 unspecified atom stereocenters. The maximum Gasteiger partial charge on any atom is 0.175 e. The van der Waals surface area contributed by atoms with Gasteiger partial charge in [-0.3, -0.25) is 10.6 Å². The Morgan fingerprint density at radius 2 is 1.90 bits per heavy atom. The second kappa shape index (κ2) is 10.3. The molecule has 2 fully saturated rings. The Morgan fingerprint density at radius 3 is 2.59 bits per heavy atom. The molecule has 2 aliphatic heterocycles. The highest BCUT2D eigenvalue weighted by molar-refractivity contribution is 7.90. The maximum atomic E-state index is 14.1. The number of piperidine rings is 1. The van der Waals surface area contributed by atoms with Crippen molar-refractivity contribution in [1.82, 2.24) is 21.3 Å². The summed E-state index contributed by atoms with van der Waals surface area (Å²) in [4.78, 5) is 0.340. The minimum absolute atomic E-state index is 0.0194. The molecule has 6 nitrogen and oxygen atoms in total. The first-order valence-electron chi connectivity index (χ1n) is 10.8. The van der Waals surface area contributed by atoms with Gasteiger partial charge in [0, 0.05) is 44.0 Å². The van der Waals surface area contributed by atoms with Crippen LogP contribution >= 0.6 is 0 Å². The number of sulfone groups is 1. The molecule has 2 aliphatic rings. The Hall–Kier alpha value is -1.06. The summed E-state index contributed by atoms with van der Waals surface area (Å²) in [5.74, 6) is 0. The van der Waals surface area contributed by atoms with Crippen molar-refractivity contribution in [3.8, 4) is 0 Å². The summed E-state index contributed by atoms with van der Waals surface area (Å²) in [6.07, 6.45) is 5.16. The number of rotatable bonds is 8. The van der Waals surface area contributed by atoms with Crippen molar-refractivity contribution < 1.29 is 12.8 Å². The van der Waals surface area contributed by atoms with E-state index in [1.54, 1.807) is 12.1 Å². The van der Waals surface area contributed by atoms with Crippen LogP contribution in [0.15, 0.2) is 29.2 Å². The number of benzene rings is 1. The standard InChI is InChI=1S/C21H35FN4O2S/c1-3-4-5-19-18(22)11-8-16(25-19)12-24-21-14-23-13-20(26-21)15-6-9-17(10-7-15)29(2,27)28/h6-7,9-10,16,18-21,23-26H,3-5,8,11-14H2,1-2H3. The van der Waals surface area contributed by atoms with Crippen LogP contribution in [0.5, 0.6) is 0 Å². The van der Waals surface area contributed by atoms with E-state index >= 15 is 0 Å². The fourth-order valence-electron chi connectivity index (χ4n) is 4.21. The van der Waals surface area contributed by atoms with E-state index in [1.807, 2.05) is 12.1 Å². The average Bonchev–Trinajstić information content (AvgIpc) is 2.72. The van der Waals surface area contributed by atoms with E-state index in [-0.39, 0.29) is 18.2 Å². The van der Waals surface area contributed by atoms with E-state index in [0.717, 1.165) is 50.9 Å². The van der Waals surface area contributed by atoms with Gasteiger partial charge in [0.25, 0.3) is 0 Å². The van der Waals surface area contributed by atoms with Gasteiger partial charge in [0.1, 0.15) is 6.17 Å². The molecule has 0 aliphatic carbocycles. The highest BCUT2D eigenvalue weighted by atomic mass is 32.2. The number of hydrogen-bond acceptors (Lipinski definition) is 6. The number of halogens is 1. The number of piperazine rings is 1. The summed E-state index contributed by atoms with van der Waals surface area (Å²) in [5, 5.41) is 14.1. The van der Waals surface area contributed by atoms with E-state index in [1.165, 1.54) is 6.26 Å². The van der Waals surface area contributed by atoms with Crippen LogP contribution in [-0.2, 0) is 9.84 Å². The van der Waals surface area contributed by atoms with Gasteiger partial charge in [0.15, 0.2) is 9.84 Å². The quantitative estimate of drug-likeness (QED) is 0.508. The monoisotopic (exact) mass is 426 g/mol. The molecule has 4 N–H and O–H groups in total. The number of nitrogens with one attached hydrogen (secondary N) is 4. The molecule has 2 heterocycles.